The van der Waals surface area contributed by atoms with E-state index in [9.17, 15) is 4.79 Å². The normalized spacial score (nSPS) is 11.0. The molecule has 0 radical (unpaired) electrons. The molecule has 0 N–H and O–H groups in total. The molecular formula is C18H16ClN3O2S2. The van der Waals surface area contributed by atoms with Crippen molar-refractivity contribution in [2.45, 2.75) is 18.1 Å². The van der Waals surface area contributed by atoms with Gasteiger partial charge in [0.15, 0.2) is 5.16 Å². The Morgan fingerprint density at radius 2 is 2.19 bits per heavy atom. The highest BCUT2D eigenvalue weighted by Gasteiger charge is 2.18. The molecule has 0 unspecified atom stereocenters. The predicted octanol–water partition coefficient (Wildman–Crippen LogP) is 4.43. The second kappa shape index (κ2) is 8.69. The van der Waals surface area contributed by atoms with Crippen molar-refractivity contribution in [1.29, 1.82) is 5.26 Å². The molecule has 0 atom stereocenters. The Labute approximate surface area is 164 Å². The molecule has 134 valence electrons. The highest BCUT2D eigenvalue weighted by molar-refractivity contribution is 7.99. The van der Waals surface area contributed by atoms with Crippen LogP contribution < -0.4 is 5.56 Å². The van der Waals surface area contributed by atoms with E-state index in [4.69, 9.17) is 21.6 Å². The van der Waals surface area contributed by atoms with Crippen molar-refractivity contribution in [3.8, 4) is 17.2 Å². The van der Waals surface area contributed by atoms with Gasteiger partial charge < -0.3 is 4.74 Å². The molecule has 2 aromatic heterocycles. The molecule has 5 nitrogen and oxygen atoms in total. The lowest BCUT2D eigenvalue weighted by atomic mass is 10.1. The topological polar surface area (TPSA) is 67.9 Å². The van der Waals surface area contributed by atoms with Gasteiger partial charge in [0.25, 0.3) is 5.56 Å². The van der Waals surface area contributed by atoms with Crippen molar-refractivity contribution in [1.82, 2.24) is 9.55 Å². The van der Waals surface area contributed by atoms with Gasteiger partial charge in [-0.15, -0.1) is 11.3 Å². The van der Waals surface area contributed by atoms with Gasteiger partial charge in [-0.25, -0.2) is 4.98 Å². The van der Waals surface area contributed by atoms with Gasteiger partial charge >= 0.3 is 0 Å². The maximum Gasteiger partial charge on any atom is 0.263 e. The number of hydrogen-bond acceptors (Lipinski definition) is 6. The Balaban J connectivity index is 2.16. The summed E-state index contributed by atoms with van der Waals surface area (Å²) in [4.78, 5) is 18.6. The summed E-state index contributed by atoms with van der Waals surface area (Å²) in [5, 5.41) is 12.5. The Hall–Kier alpha value is -1.85. The van der Waals surface area contributed by atoms with Gasteiger partial charge in [-0.1, -0.05) is 41.6 Å². The van der Waals surface area contributed by atoms with Crippen LogP contribution in [0, 0.1) is 11.3 Å². The first-order valence-electron chi connectivity index (χ1n) is 7.93. The van der Waals surface area contributed by atoms with E-state index < -0.39 is 0 Å². The highest BCUT2D eigenvalue weighted by atomic mass is 35.5. The molecule has 2 heterocycles. The van der Waals surface area contributed by atoms with E-state index in [1.54, 1.807) is 11.7 Å². The van der Waals surface area contributed by atoms with Crippen LogP contribution in [0.15, 0.2) is 39.6 Å². The summed E-state index contributed by atoms with van der Waals surface area (Å²) in [6.07, 6.45) is 0.401. The van der Waals surface area contributed by atoms with Crippen molar-refractivity contribution in [3.63, 3.8) is 0 Å². The van der Waals surface area contributed by atoms with Gasteiger partial charge in [0.1, 0.15) is 4.83 Å². The van der Waals surface area contributed by atoms with Crippen LogP contribution in [0.1, 0.15) is 6.42 Å². The number of thiophene rings is 1. The summed E-state index contributed by atoms with van der Waals surface area (Å²) in [5.74, 6) is 0.587. The van der Waals surface area contributed by atoms with Crippen molar-refractivity contribution in [3.05, 3.63) is 45.0 Å². The Bertz CT molecular complexity index is 1020. The van der Waals surface area contributed by atoms with Crippen LogP contribution in [-0.2, 0) is 11.3 Å². The second-order valence-electron chi connectivity index (χ2n) is 5.41. The van der Waals surface area contributed by atoms with E-state index in [1.807, 2.05) is 29.6 Å². The summed E-state index contributed by atoms with van der Waals surface area (Å²) >= 11 is 9.17. The fourth-order valence-corrected chi connectivity index (χ4v) is 4.65. The van der Waals surface area contributed by atoms with E-state index >= 15 is 0 Å². The number of nitriles is 1. The van der Waals surface area contributed by atoms with Crippen LogP contribution in [0.25, 0.3) is 21.3 Å². The largest absolute Gasteiger partial charge is 0.383 e. The van der Waals surface area contributed by atoms with Gasteiger partial charge in [0, 0.05) is 40.8 Å². The van der Waals surface area contributed by atoms with E-state index in [2.05, 4.69) is 11.1 Å². The number of ether oxygens (including phenoxy) is 1. The molecule has 3 aromatic rings. The number of nitrogens with zero attached hydrogens (tertiary/aromatic N) is 3. The Morgan fingerprint density at radius 3 is 2.92 bits per heavy atom. The minimum atomic E-state index is -0.109. The van der Waals surface area contributed by atoms with Crippen molar-refractivity contribution < 1.29 is 4.74 Å². The fourth-order valence-electron chi connectivity index (χ4n) is 2.56. The number of rotatable bonds is 7. The summed E-state index contributed by atoms with van der Waals surface area (Å²) in [7, 11) is 1.60. The lowest BCUT2D eigenvalue weighted by Crippen LogP contribution is -2.25. The zero-order valence-electron chi connectivity index (χ0n) is 14.1. The first-order chi connectivity index (χ1) is 12.7. The molecule has 0 amide bonds. The first kappa shape index (κ1) is 18.9. The molecule has 3 rings (SSSR count). The number of fused-ring (bicyclic) bond motifs is 1. The van der Waals surface area contributed by atoms with Crippen LogP contribution in [0.4, 0.5) is 0 Å². The first-order valence-corrected chi connectivity index (χ1v) is 10.2. The maximum atomic E-state index is 13.2. The van der Waals surface area contributed by atoms with Crippen LogP contribution in [-0.4, -0.2) is 29.0 Å². The Morgan fingerprint density at radius 1 is 1.38 bits per heavy atom. The monoisotopic (exact) mass is 405 g/mol. The van der Waals surface area contributed by atoms with Gasteiger partial charge in [0.2, 0.25) is 0 Å². The third kappa shape index (κ3) is 3.79. The maximum absolute atomic E-state index is 13.2. The molecule has 0 aliphatic carbocycles. The zero-order valence-corrected chi connectivity index (χ0v) is 16.5. The minimum absolute atomic E-state index is 0.109. The quantitative estimate of drug-likeness (QED) is 0.330. The highest BCUT2D eigenvalue weighted by Crippen LogP contribution is 2.35. The minimum Gasteiger partial charge on any atom is -0.383 e. The summed E-state index contributed by atoms with van der Waals surface area (Å²) in [6.45, 7) is 0.815. The molecule has 0 fully saturated rings. The molecule has 0 bridgehead atoms. The average Bonchev–Trinajstić information content (AvgIpc) is 3.06. The Kier molecular flexibility index (Phi) is 6.33. The number of benzene rings is 1. The molecular weight excluding hydrogens is 390 g/mol. The molecule has 0 aliphatic heterocycles. The molecule has 26 heavy (non-hydrogen) atoms. The molecule has 0 aliphatic rings. The number of halogens is 1. The lowest BCUT2D eigenvalue weighted by Gasteiger charge is -2.11. The van der Waals surface area contributed by atoms with Crippen molar-refractivity contribution >= 4 is 44.9 Å². The SMILES string of the molecule is COCCn1c(SCCC#N)nc2scc(-c3ccccc3Cl)c2c1=O. The van der Waals surface area contributed by atoms with Gasteiger partial charge in [-0.05, 0) is 6.07 Å². The third-order valence-corrected chi connectivity index (χ3v) is 5.97. The third-order valence-electron chi connectivity index (χ3n) is 3.79. The molecule has 0 spiro atoms. The van der Waals surface area contributed by atoms with Crippen LogP contribution in [0.5, 0.6) is 0 Å². The predicted molar refractivity (Wildman–Crippen MR) is 107 cm³/mol. The lowest BCUT2D eigenvalue weighted by molar-refractivity contribution is 0.183. The molecule has 0 saturated carbocycles. The van der Waals surface area contributed by atoms with E-state index in [-0.39, 0.29) is 5.56 Å². The molecule has 8 heteroatoms. The molecule has 0 saturated heterocycles. The summed E-state index contributed by atoms with van der Waals surface area (Å²) in [6, 6.07) is 9.58. The average molecular weight is 406 g/mol. The van der Waals surface area contributed by atoms with E-state index in [0.29, 0.717) is 45.7 Å². The number of thioether (sulfide) groups is 1. The molecule has 1 aromatic carbocycles. The van der Waals surface area contributed by atoms with Crippen molar-refractivity contribution in [2.24, 2.45) is 0 Å². The van der Waals surface area contributed by atoms with E-state index in [1.165, 1.54) is 23.1 Å². The van der Waals surface area contributed by atoms with Gasteiger partial charge in [-0.2, -0.15) is 5.26 Å². The number of aromatic nitrogens is 2. The smallest absolute Gasteiger partial charge is 0.263 e. The van der Waals surface area contributed by atoms with Crippen molar-refractivity contribution in [2.75, 3.05) is 19.5 Å². The zero-order chi connectivity index (χ0) is 18.5. The van der Waals surface area contributed by atoms with Crippen LogP contribution in [0.3, 0.4) is 0 Å². The van der Waals surface area contributed by atoms with E-state index in [0.717, 1.165) is 11.1 Å². The number of methoxy groups -OCH3 is 1. The number of hydrogen-bond donors (Lipinski definition) is 0. The van der Waals surface area contributed by atoms with Crippen LogP contribution in [0.2, 0.25) is 5.02 Å². The second-order valence-corrected chi connectivity index (χ2v) is 7.74. The van der Waals surface area contributed by atoms with Gasteiger partial charge in [0.05, 0.1) is 24.6 Å². The van der Waals surface area contributed by atoms with Gasteiger partial charge in [-0.3, -0.25) is 9.36 Å². The standard InChI is InChI=1S/C18H16ClN3O2S2/c1-24-9-8-22-17(23)15-13(12-5-2-3-6-14(12)19)11-26-16(15)21-18(22)25-10-4-7-20/h2-3,5-6,11H,4,8-10H2,1H3. The fraction of sp³-hybridized carbons (Fsp3) is 0.278. The summed E-state index contributed by atoms with van der Waals surface area (Å²) in [5.41, 5.74) is 1.51. The summed E-state index contributed by atoms with van der Waals surface area (Å²) < 4.78 is 6.77. The van der Waals surface area contributed by atoms with Crippen LogP contribution >= 0.6 is 34.7 Å².